The summed E-state index contributed by atoms with van der Waals surface area (Å²) in [6, 6.07) is 14.8. The largest absolute Gasteiger partial charge is 0.454 e. The molecule has 0 radical (unpaired) electrons. The molecule has 0 amide bonds. The van der Waals surface area contributed by atoms with Gasteiger partial charge in [0.05, 0.1) is 4.92 Å². The van der Waals surface area contributed by atoms with Gasteiger partial charge in [-0.25, -0.2) is 4.98 Å². The van der Waals surface area contributed by atoms with E-state index in [2.05, 4.69) is 14.9 Å². The van der Waals surface area contributed by atoms with Crippen molar-refractivity contribution in [1.29, 1.82) is 0 Å². The smallest absolute Gasteiger partial charge is 0.373 e. The second-order valence-electron chi connectivity index (χ2n) is 7.47. The molecule has 1 fully saturated rings. The van der Waals surface area contributed by atoms with Gasteiger partial charge in [0.1, 0.15) is 12.1 Å². The summed E-state index contributed by atoms with van der Waals surface area (Å²) in [5, 5.41) is 11.9. The van der Waals surface area contributed by atoms with Crippen molar-refractivity contribution in [3.8, 4) is 23.1 Å². The fraction of sp³-hybridized carbons (Fsp3) is 0.273. The molecule has 0 N–H and O–H groups in total. The molecule has 2 aliphatic heterocycles. The van der Waals surface area contributed by atoms with Gasteiger partial charge in [0.25, 0.3) is 0 Å². The van der Waals surface area contributed by atoms with Crippen molar-refractivity contribution in [2.75, 3.05) is 37.9 Å². The summed E-state index contributed by atoms with van der Waals surface area (Å²) in [6.45, 7) is 3.71. The van der Waals surface area contributed by atoms with Crippen LogP contribution in [0.5, 0.6) is 23.1 Å². The number of hydrogen-bond acceptors (Lipinski definition) is 9. The first-order valence-electron chi connectivity index (χ1n) is 10.3. The zero-order valence-corrected chi connectivity index (χ0v) is 17.2. The van der Waals surface area contributed by atoms with Crippen LogP contribution in [-0.4, -0.2) is 52.8 Å². The molecule has 32 heavy (non-hydrogen) atoms. The van der Waals surface area contributed by atoms with Crippen molar-refractivity contribution in [3.05, 3.63) is 70.5 Å². The number of ether oxygens (including phenoxy) is 3. The van der Waals surface area contributed by atoms with E-state index in [1.165, 1.54) is 6.33 Å². The lowest BCUT2D eigenvalue weighted by atomic mass is 10.1. The van der Waals surface area contributed by atoms with Gasteiger partial charge in [-0.05, 0) is 29.8 Å². The van der Waals surface area contributed by atoms with E-state index in [4.69, 9.17) is 14.2 Å². The number of anilines is 1. The highest BCUT2D eigenvalue weighted by Crippen LogP contribution is 2.36. The molecule has 2 aromatic carbocycles. The van der Waals surface area contributed by atoms with Gasteiger partial charge in [-0.15, -0.1) is 0 Å². The summed E-state index contributed by atoms with van der Waals surface area (Å²) in [5.41, 5.74) is 0.912. The van der Waals surface area contributed by atoms with Crippen LogP contribution in [0.4, 0.5) is 11.5 Å². The molecule has 10 nitrogen and oxygen atoms in total. The molecule has 2 aliphatic rings. The fourth-order valence-corrected chi connectivity index (χ4v) is 3.84. The standard InChI is InChI=1S/C22H21N5O5/c28-27(29)20-21(23-14-24-22(20)32-17-4-2-1-3-5-17)26-10-8-25(9-11-26)13-16-6-7-18-19(12-16)31-15-30-18/h1-7,12,14H,8-11,13,15H2. The summed E-state index contributed by atoms with van der Waals surface area (Å²) >= 11 is 0. The molecule has 0 unspecified atom stereocenters. The van der Waals surface area contributed by atoms with E-state index in [-0.39, 0.29) is 24.2 Å². The Kier molecular flexibility index (Phi) is 5.42. The minimum atomic E-state index is -0.480. The van der Waals surface area contributed by atoms with E-state index in [0.717, 1.165) is 36.7 Å². The van der Waals surface area contributed by atoms with Gasteiger partial charge in [-0.3, -0.25) is 15.0 Å². The Morgan fingerprint density at radius 1 is 1.00 bits per heavy atom. The van der Waals surface area contributed by atoms with Gasteiger partial charge in [0.2, 0.25) is 12.6 Å². The lowest BCUT2D eigenvalue weighted by Gasteiger charge is -2.35. The summed E-state index contributed by atoms with van der Waals surface area (Å²) in [7, 11) is 0. The molecule has 10 heteroatoms. The topological polar surface area (TPSA) is 103 Å². The third-order valence-electron chi connectivity index (χ3n) is 5.42. The van der Waals surface area contributed by atoms with Crippen LogP contribution in [0.1, 0.15) is 5.56 Å². The number of fused-ring (bicyclic) bond motifs is 1. The zero-order chi connectivity index (χ0) is 21.9. The average Bonchev–Trinajstić information content (AvgIpc) is 3.28. The van der Waals surface area contributed by atoms with E-state index < -0.39 is 4.92 Å². The Morgan fingerprint density at radius 2 is 1.78 bits per heavy atom. The van der Waals surface area contributed by atoms with Gasteiger partial charge in [-0.1, -0.05) is 24.3 Å². The minimum Gasteiger partial charge on any atom is -0.454 e. The maximum atomic E-state index is 11.9. The summed E-state index contributed by atoms with van der Waals surface area (Å²) in [4.78, 5) is 23.8. The number of hydrogen-bond donors (Lipinski definition) is 0. The highest BCUT2D eigenvalue weighted by molar-refractivity contribution is 5.63. The van der Waals surface area contributed by atoms with Crippen molar-refractivity contribution in [2.24, 2.45) is 0 Å². The Labute approximate surface area is 184 Å². The number of piperazine rings is 1. The van der Waals surface area contributed by atoms with Crippen LogP contribution < -0.4 is 19.1 Å². The molecule has 0 aliphatic carbocycles. The first kappa shape index (κ1) is 20.0. The first-order chi connectivity index (χ1) is 15.7. The van der Waals surface area contributed by atoms with E-state index >= 15 is 0 Å². The fourth-order valence-electron chi connectivity index (χ4n) is 3.84. The molecule has 3 heterocycles. The van der Waals surface area contributed by atoms with Crippen LogP contribution in [0.2, 0.25) is 0 Å². The van der Waals surface area contributed by atoms with Crippen molar-refractivity contribution in [1.82, 2.24) is 14.9 Å². The minimum absolute atomic E-state index is 0.0611. The summed E-state index contributed by atoms with van der Waals surface area (Å²) in [6.07, 6.45) is 1.31. The predicted octanol–water partition coefficient (Wildman–Crippen LogP) is 3.23. The number of benzene rings is 2. The molecule has 1 saturated heterocycles. The average molecular weight is 435 g/mol. The highest BCUT2D eigenvalue weighted by Gasteiger charge is 2.30. The molecule has 5 rings (SSSR count). The Hall–Kier alpha value is -3.92. The maximum absolute atomic E-state index is 11.9. The molecule has 0 spiro atoms. The molecule has 0 atom stereocenters. The Balaban J connectivity index is 1.29. The van der Waals surface area contributed by atoms with E-state index in [0.29, 0.717) is 18.8 Å². The first-order valence-corrected chi connectivity index (χ1v) is 10.3. The monoisotopic (exact) mass is 435 g/mol. The highest BCUT2D eigenvalue weighted by atomic mass is 16.7. The van der Waals surface area contributed by atoms with Crippen LogP contribution in [0, 0.1) is 10.1 Å². The van der Waals surface area contributed by atoms with Gasteiger partial charge in [0.15, 0.2) is 11.5 Å². The number of rotatable bonds is 6. The SMILES string of the molecule is O=[N+]([O-])c1c(Oc2ccccc2)ncnc1N1CCN(Cc2ccc3c(c2)OCO3)CC1. The Morgan fingerprint density at radius 3 is 2.56 bits per heavy atom. The normalized spacial score (nSPS) is 15.6. The lowest BCUT2D eigenvalue weighted by molar-refractivity contribution is -0.385. The molecule has 0 saturated carbocycles. The van der Waals surface area contributed by atoms with Crippen LogP contribution in [0.15, 0.2) is 54.9 Å². The van der Waals surface area contributed by atoms with Crippen LogP contribution in [-0.2, 0) is 6.54 Å². The molecular weight excluding hydrogens is 414 g/mol. The third-order valence-corrected chi connectivity index (χ3v) is 5.42. The van der Waals surface area contributed by atoms with Gasteiger partial charge >= 0.3 is 11.6 Å². The molecule has 164 valence electrons. The van der Waals surface area contributed by atoms with Gasteiger partial charge in [0, 0.05) is 32.7 Å². The number of para-hydroxylation sites is 1. The van der Waals surface area contributed by atoms with Gasteiger partial charge in [-0.2, -0.15) is 4.98 Å². The van der Waals surface area contributed by atoms with Crippen LogP contribution >= 0.6 is 0 Å². The molecular formula is C22H21N5O5. The maximum Gasteiger partial charge on any atom is 0.373 e. The quantitative estimate of drug-likeness (QED) is 0.426. The molecule has 0 bridgehead atoms. The van der Waals surface area contributed by atoms with E-state index in [1.807, 2.05) is 29.2 Å². The van der Waals surface area contributed by atoms with Crippen LogP contribution in [0.3, 0.4) is 0 Å². The van der Waals surface area contributed by atoms with Crippen molar-refractivity contribution in [2.45, 2.75) is 6.54 Å². The van der Waals surface area contributed by atoms with E-state index in [9.17, 15) is 10.1 Å². The van der Waals surface area contributed by atoms with Crippen LogP contribution in [0.25, 0.3) is 0 Å². The molecule has 1 aromatic heterocycles. The second kappa shape index (κ2) is 8.67. The third kappa shape index (κ3) is 4.12. The van der Waals surface area contributed by atoms with Crippen molar-refractivity contribution >= 4 is 11.5 Å². The second-order valence-corrected chi connectivity index (χ2v) is 7.47. The van der Waals surface area contributed by atoms with E-state index in [1.54, 1.807) is 24.3 Å². The predicted molar refractivity (Wildman–Crippen MR) is 115 cm³/mol. The number of nitrogens with zero attached hydrogens (tertiary/aromatic N) is 5. The number of aromatic nitrogens is 2. The Bertz CT molecular complexity index is 1120. The summed E-state index contributed by atoms with van der Waals surface area (Å²) < 4.78 is 16.5. The lowest BCUT2D eigenvalue weighted by Crippen LogP contribution is -2.46. The van der Waals surface area contributed by atoms with Crippen molar-refractivity contribution < 1.29 is 19.1 Å². The zero-order valence-electron chi connectivity index (χ0n) is 17.2. The van der Waals surface area contributed by atoms with Gasteiger partial charge < -0.3 is 19.1 Å². The summed E-state index contributed by atoms with van der Waals surface area (Å²) in [5.74, 6) is 2.23. The van der Waals surface area contributed by atoms with Crippen molar-refractivity contribution in [3.63, 3.8) is 0 Å². The molecule has 3 aromatic rings. The number of nitro groups is 1.